The quantitative estimate of drug-likeness (QED) is 0.560. The zero-order chi connectivity index (χ0) is 20.3. The summed E-state index contributed by atoms with van der Waals surface area (Å²) in [5.74, 6) is 1.84. The van der Waals surface area contributed by atoms with Crippen LogP contribution in [0.3, 0.4) is 0 Å². The first-order chi connectivity index (χ1) is 13.3. The fourth-order valence-electron chi connectivity index (χ4n) is 3.11. The Balaban J connectivity index is 1.67. The summed E-state index contributed by atoms with van der Waals surface area (Å²) in [6, 6.07) is 15.6. The van der Waals surface area contributed by atoms with Gasteiger partial charge in [0, 0.05) is 5.69 Å². The first-order valence-corrected chi connectivity index (χ1v) is 9.54. The van der Waals surface area contributed by atoms with Gasteiger partial charge in [0.2, 0.25) is 0 Å². The van der Waals surface area contributed by atoms with E-state index >= 15 is 0 Å². The average molecular weight is 377 g/mol. The number of aryl methyl sites for hydroxylation is 3. The molecule has 0 saturated heterocycles. The van der Waals surface area contributed by atoms with Crippen molar-refractivity contribution in [1.82, 2.24) is 0 Å². The lowest BCUT2D eigenvalue weighted by Crippen LogP contribution is -2.12. The monoisotopic (exact) mass is 377 g/mol. The van der Waals surface area contributed by atoms with Crippen LogP contribution in [0.25, 0.3) is 0 Å². The van der Waals surface area contributed by atoms with Crippen molar-refractivity contribution in [3.8, 4) is 5.75 Å². The van der Waals surface area contributed by atoms with Gasteiger partial charge in [0.15, 0.2) is 5.76 Å². The number of hydrogen-bond donors (Lipinski definition) is 1. The lowest BCUT2D eigenvalue weighted by atomic mass is 10.0. The van der Waals surface area contributed by atoms with E-state index in [2.05, 4.69) is 31.3 Å². The summed E-state index contributed by atoms with van der Waals surface area (Å²) in [5.41, 5.74) is 5.26. The third kappa shape index (κ3) is 4.63. The van der Waals surface area contributed by atoms with E-state index in [0.717, 1.165) is 33.7 Å². The Labute approximate surface area is 166 Å². The van der Waals surface area contributed by atoms with Crippen LogP contribution in [-0.2, 0) is 6.61 Å². The molecule has 0 aliphatic carbocycles. The van der Waals surface area contributed by atoms with Crippen LogP contribution in [0.15, 0.2) is 52.9 Å². The van der Waals surface area contributed by atoms with Crippen molar-refractivity contribution >= 4 is 11.6 Å². The highest BCUT2D eigenvalue weighted by Crippen LogP contribution is 2.28. The second kappa shape index (κ2) is 8.34. The fraction of sp³-hybridized carbons (Fsp3) is 0.292. The van der Waals surface area contributed by atoms with E-state index in [-0.39, 0.29) is 18.3 Å². The third-order valence-electron chi connectivity index (χ3n) is 4.68. The van der Waals surface area contributed by atoms with Crippen molar-refractivity contribution < 1.29 is 13.9 Å². The van der Waals surface area contributed by atoms with Gasteiger partial charge in [-0.25, -0.2) is 0 Å². The van der Waals surface area contributed by atoms with Crippen LogP contribution in [0.1, 0.15) is 58.3 Å². The van der Waals surface area contributed by atoms with Gasteiger partial charge < -0.3 is 14.5 Å². The molecule has 28 heavy (non-hydrogen) atoms. The zero-order valence-electron chi connectivity index (χ0n) is 17.1. The summed E-state index contributed by atoms with van der Waals surface area (Å²) in [5, 5.41) is 2.90. The Kier molecular flexibility index (Phi) is 5.88. The molecular formula is C24H27NO3. The molecule has 0 aliphatic rings. The first kappa shape index (κ1) is 19.7. The van der Waals surface area contributed by atoms with E-state index in [4.69, 9.17) is 9.15 Å². The zero-order valence-corrected chi connectivity index (χ0v) is 17.1. The van der Waals surface area contributed by atoms with E-state index in [0.29, 0.717) is 11.7 Å². The van der Waals surface area contributed by atoms with E-state index in [9.17, 15) is 4.79 Å². The molecule has 1 N–H and O–H groups in total. The fourth-order valence-corrected chi connectivity index (χ4v) is 3.11. The molecule has 4 nitrogen and oxygen atoms in total. The van der Waals surface area contributed by atoms with Crippen molar-refractivity contribution in [2.75, 3.05) is 5.32 Å². The van der Waals surface area contributed by atoms with Gasteiger partial charge in [-0.1, -0.05) is 43.7 Å². The molecule has 1 amide bonds. The molecule has 0 fully saturated rings. The van der Waals surface area contributed by atoms with Crippen LogP contribution in [-0.4, -0.2) is 5.91 Å². The molecule has 0 bridgehead atoms. The molecule has 0 spiro atoms. The molecule has 1 aromatic heterocycles. The van der Waals surface area contributed by atoms with Gasteiger partial charge >= 0.3 is 0 Å². The largest absolute Gasteiger partial charge is 0.485 e. The van der Waals surface area contributed by atoms with Gasteiger partial charge in [0.05, 0.1) is 0 Å². The number of carbonyl (C=O) groups is 1. The Bertz CT molecular complexity index is 985. The maximum Gasteiger partial charge on any atom is 0.291 e. The van der Waals surface area contributed by atoms with Gasteiger partial charge in [0.25, 0.3) is 5.91 Å². The summed E-state index contributed by atoms with van der Waals surface area (Å²) in [6.07, 6.45) is 0. The van der Waals surface area contributed by atoms with Crippen molar-refractivity contribution in [2.45, 2.75) is 47.1 Å². The Morgan fingerprint density at radius 2 is 1.71 bits per heavy atom. The van der Waals surface area contributed by atoms with Crippen LogP contribution in [0.2, 0.25) is 0 Å². The van der Waals surface area contributed by atoms with Gasteiger partial charge in [-0.15, -0.1) is 0 Å². The minimum atomic E-state index is -0.267. The SMILES string of the molecule is Cc1ccc(NC(=O)c2ccc(COc3cc(C)ccc3C(C)C)o2)c(C)c1. The molecule has 2 aromatic carbocycles. The minimum absolute atomic E-state index is 0.267. The Morgan fingerprint density at radius 1 is 1.00 bits per heavy atom. The Hall–Kier alpha value is -3.01. The number of furan rings is 1. The van der Waals surface area contributed by atoms with Crippen LogP contribution in [0, 0.1) is 20.8 Å². The smallest absolute Gasteiger partial charge is 0.291 e. The highest BCUT2D eigenvalue weighted by atomic mass is 16.5. The number of anilines is 1. The molecule has 1 heterocycles. The highest BCUT2D eigenvalue weighted by Gasteiger charge is 2.14. The predicted molar refractivity (Wildman–Crippen MR) is 112 cm³/mol. The van der Waals surface area contributed by atoms with Crippen molar-refractivity contribution in [2.24, 2.45) is 0 Å². The number of ether oxygens (including phenoxy) is 1. The maximum absolute atomic E-state index is 12.5. The van der Waals surface area contributed by atoms with E-state index in [1.165, 1.54) is 0 Å². The van der Waals surface area contributed by atoms with Crippen LogP contribution in [0.4, 0.5) is 5.69 Å². The van der Waals surface area contributed by atoms with E-state index < -0.39 is 0 Å². The van der Waals surface area contributed by atoms with Crippen LogP contribution < -0.4 is 10.1 Å². The molecule has 3 aromatic rings. The number of hydrogen-bond acceptors (Lipinski definition) is 3. The first-order valence-electron chi connectivity index (χ1n) is 9.54. The summed E-state index contributed by atoms with van der Waals surface area (Å²) in [4.78, 5) is 12.5. The van der Waals surface area contributed by atoms with Gasteiger partial charge in [0.1, 0.15) is 18.1 Å². The summed E-state index contributed by atoms with van der Waals surface area (Å²) in [6.45, 7) is 10.6. The second-order valence-electron chi connectivity index (χ2n) is 7.52. The van der Waals surface area contributed by atoms with Crippen LogP contribution >= 0.6 is 0 Å². The van der Waals surface area contributed by atoms with Crippen molar-refractivity contribution in [3.63, 3.8) is 0 Å². The lowest BCUT2D eigenvalue weighted by molar-refractivity contribution is 0.0992. The number of nitrogens with one attached hydrogen (secondary N) is 1. The lowest BCUT2D eigenvalue weighted by Gasteiger charge is -2.14. The van der Waals surface area contributed by atoms with E-state index in [1.807, 2.05) is 45.0 Å². The van der Waals surface area contributed by atoms with Gasteiger partial charge in [-0.3, -0.25) is 4.79 Å². The second-order valence-corrected chi connectivity index (χ2v) is 7.52. The topological polar surface area (TPSA) is 51.5 Å². The predicted octanol–water partition coefficient (Wildman–Crippen LogP) is 6.16. The standard InChI is InChI=1S/C24H27NO3/c1-15(2)20-9-6-17(4)13-23(20)27-14-19-8-11-22(28-19)24(26)25-21-10-7-16(3)12-18(21)5/h6-13,15H,14H2,1-5H3,(H,25,26). The van der Waals surface area contributed by atoms with E-state index in [1.54, 1.807) is 12.1 Å². The summed E-state index contributed by atoms with van der Waals surface area (Å²) >= 11 is 0. The van der Waals surface area contributed by atoms with Crippen molar-refractivity contribution in [3.05, 3.63) is 82.3 Å². The number of benzene rings is 2. The molecule has 146 valence electrons. The molecule has 0 aliphatic heterocycles. The van der Waals surface area contributed by atoms with Crippen LogP contribution in [0.5, 0.6) is 5.75 Å². The summed E-state index contributed by atoms with van der Waals surface area (Å²) < 4.78 is 11.7. The number of rotatable bonds is 6. The molecule has 3 rings (SSSR count). The van der Waals surface area contributed by atoms with Gasteiger partial charge in [-0.05, 0) is 67.6 Å². The Morgan fingerprint density at radius 3 is 2.43 bits per heavy atom. The molecule has 0 radical (unpaired) electrons. The maximum atomic E-state index is 12.5. The van der Waals surface area contributed by atoms with Crippen molar-refractivity contribution in [1.29, 1.82) is 0 Å². The number of amides is 1. The average Bonchev–Trinajstić information content (AvgIpc) is 3.11. The molecule has 0 atom stereocenters. The molecule has 0 unspecified atom stereocenters. The molecule has 4 heteroatoms. The summed E-state index contributed by atoms with van der Waals surface area (Å²) in [7, 11) is 0. The number of carbonyl (C=O) groups excluding carboxylic acids is 1. The molecule has 0 saturated carbocycles. The normalized spacial score (nSPS) is 10.9. The minimum Gasteiger partial charge on any atom is -0.485 e. The molecular weight excluding hydrogens is 350 g/mol. The van der Waals surface area contributed by atoms with Gasteiger partial charge in [-0.2, -0.15) is 0 Å². The third-order valence-corrected chi connectivity index (χ3v) is 4.68. The highest BCUT2D eigenvalue weighted by molar-refractivity contribution is 6.02.